The normalized spacial score (nSPS) is 16.3. The fourth-order valence-corrected chi connectivity index (χ4v) is 4.78. The molecule has 1 aliphatic carbocycles. The topological polar surface area (TPSA) is 87.5 Å². The van der Waals surface area contributed by atoms with Crippen LogP contribution in [0.1, 0.15) is 37.5 Å². The van der Waals surface area contributed by atoms with Gasteiger partial charge in [-0.05, 0) is 49.6 Å². The molecular weight excluding hydrogens is 466 g/mol. The molecule has 5 rings (SSSR count). The van der Waals surface area contributed by atoms with Gasteiger partial charge in [-0.3, -0.25) is 14.2 Å². The zero-order valence-electron chi connectivity index (χ0n) is 19.5. The molecule has 3 aromatic rings. The predicted octanol–water partition coefficient (Wildman–Crippen LogP) is 4.08. The van der Waals surface area contributed by atoms with Gasteiger partial charge in [-0.25, -0.2) is 9.78 Å². The van der Waals surface area contributed by atoms with Crippen LogP contribution in [0, 0.1) is 0 Å². The van der Waals surface area contributed by atoms with Crippen LogP contribution in [0.15, 0.2) is 53.3 Å². The highest BCUT2D eigenvalue weighted by molar-refractivity contribution is 6.30. The summed E-state index contributed by atoms with van der Waals surface area (Å²) in [6, 6.07) is 14.4. The van der Waals surface area contributed by atoms with Crippen molar-refractivity contribution in [2.45, 2.75) is 38.1 Å². The Morgan fingerprint density at radius 1 is 1.00 bits per heavy atom. The van der Waals surface area contributed by atoms with Crippen LogP contribution in [-0.2, 0) is 11.2 Å². The molecule has 35 heavy (non-hydrogen) atoms. The number of para-hydroxylation sites is 1. The van der Waals surface area contributed by atoms with Gasteiger partial charge < -0.3 is 15.1 Å². The number of carbonyl (C=O) groups excluding carboxylic acids is 2. The van der Waals surface area contributed by atoms with Crippen molar-refractivity contribution >= 4 is 40.1 Å². The molecule has 0 atom stereocenters. The molecule has 1 saturated heterocycles. The van der Waals surface area contributed by atoms with Crippen molar-refractivity contribution in [1.82, 2.24) is 19.4 Å². The van der Waals surface area contributed by atoms with Gasteiger partial charge >= 0.3 is 6.03 Å². The van der Waals surface area contributed by atoms with E-state index in [1.165, 1.54) is 0 Å². The SMILES string of the molecule is O=C(CCc1nc2ccccc2c(=O)n1C1CC1)N1CCCN(C(=O)Nc2cccc(Cl)c2)CC1. The summed E-state index contributed by atoms with van der Waals surface area (Å²) in [7, 11) is 0. The van der Waals surface area contributed by atoms with Gasteiger partial charge in [-0.1, -0.05) is 29.8 Å². The van der Waals surface area contributed by atoms with Crippen LogP contribution in [0.2, 0.25) is 5.02 Å². The number of hydrogen-bond donors (Lipinski definition) is 1. The van der Waals surface area contributed by atoms with Gasteiger partial charge in [0, 0.05) is 55.8 Å². The largest absolute Gasteiger partial charge is 0.341 e. The second-order valence-electron chi connectivity index (χ2n) is 9.11. The minimum absolute atomic E-state index is 0.0170. The van der Waals surface area contributed by atoms with Crippen molar-refractivity contribution in [2.24, 2.45) is 0 Å². The van der Waals surface area contributed by atoms with Gasteiger partial charge in [0.15, 0.2) is 0 Å². The second-order valence-corrected chi connectivity index (χ2v) is 9.55. The Kier molecular flexibility index (Phi) is 6.72. The number of benzene rings is 2. The van der Waals surface area contributed by atoms with E-state index in [0.717, 1.165) is 12.8 Å². The van der Waals surface area contributed by atoms with Crippen LogP contribution < -0.4 is 10.9 Å². The van der Waals surface area contributed by atoms with Crippen LogP contribution in [0.25, 0.3) is 10.9 Å². The number of rotatable bonds is 5. The van der Waals surface area contributed by atoms with Gasteiger partial charge in [-0.15, -0.1) is 0 Å². The lowest BCUT2D eigenvalue weighted by Gasteiger charge is -2.23. The van der Waals surface area contributed by atoms with Crippen molar-refractivity contribution in [1.29, 1.82) is 0 Å². The Hall–Kier alpha value is -3.39. The third kappa shape index (κ3) is 5.32. The van der Waals surface area contributed by atoms with Crippen LogP contribution in [-0.4, -0.2) is 57.5 Å². The predicted molar refractivity (Wildman–Crippen MR) is 136 cm³/mol. The monoisotopic (exact) mass is 493 g/mol. The fraction of sp³-hybridized carbons (Fsp3) is 0.385. The molecule has 8 nitrogen and oxygen atoms in total. The summed E-state index contributed by atoms with van der Waals surface area (Å²) in [6.45, 7) is 2.10. The second kappa shape index (κ2) is 10.1. The Balaban J connectivity index is 1.21. The number of aromatic nitrogens is 2. The average Bonchev–Trinajstić information content (AvgIpc) is 3.70. The molecule has 0 radical (unpaired) electrons. The number of anilines is 1. The van der Waals surface area contributed by atoms with Crippen molar-refractivity contribution in [2.75, 3.05) is 31.5 Å². The molecule has 1 saturated carbocycles. The van der Waals surface area contributed by atoms with Crippen LogP contribution in [0.4, 0.5) is 10.5 Å². The fourth-order valence-electron chi connectivity index (χ4n) is 4.59. The highest BCUT2D eigenvalue weighted by atomic mass is 35.5. The van der Waals surface area contributed by atoms with E-state index in [4.69, 9.17) is 16.6 Å². The molecule has 2 aromatic carbocycles. The minimum atomic E-state index is -0.199. The molecule has 182 valence electrons. The van der Waals surface area contributed by atoms with E-state index in [9.17, 15) is 14.4 Å². The molecule has 2 heterocycles. The number of amides is 3. The first-order chi connectivity index (χ1) is 17.0. The summed E-state index contributed by atoms with van der Waals surface area (Å²) in [4.78, 5) is 47.1. The summed E-state index contributed by atoms with van der Waals surface area (Å²) in [5, 5.41) is 4.05. The molecule has 2 fully saturated rings. The molecule has 3 amide bonds. The summed E-state index contributed by atoms with van der Waals surface area (Å²) in [6.07, 6.45) is 3.35. The van der Waals surface area contributed by atoms with Crippen LogP contribution in [0.3, 0.4) is 0 Å². The van der Waals surface area contributed by atoms with E-state index < -0.39 is 0 Å². The summed E-state index contributed by atoms with van der Waals surface area (Å²) < 4.78 is 1.79. The lowest BCUT2D eigenvalue weighted by molar-refractivity contribution is -0.131. The molecule has 0 unspecified atom stereocenters. The van der Waals surface area contributed by atoms with Gasteiger partial charge in [-0.2, -0.15) is 0 Å². The molecule has 1 aliphatic heterocycles. The first kappa shape index (κ1) is 23.4. The number of fused-ring (bicyclic) bond motifs is 1. The third-order valence-corrected chi connectivity index (χ3v) is 6.80. The first-order valence-electron chi connectivity index (χ1n) is 12.1. The van der Waals surface area contributed by atoms with Crippen LogP contribution in [0.5, 0.6) is 0 Å². The maximum Gasteiger partial charge on any atom is 0.321 e. The zero-order chi connectivity index (χ0) is 24.4. The maximum atomic E-state index is 13.1. The zero-order valence-corrected chi connectivity index (χ0v) is 20.2. The maximum absolute atomic E-state index is 13.1. The van der Waals surface area contributed by atoms with Crippen molar-refractivity contribution in [3.8, 4) is 0 Å². The lowest BCUT2D eigenvalue weighted by atomic mass is 10.2. The van der Waals surface area contributed by atoms with Crippen LogP contribution >= 0.6 is 11.6 Å². The highest BCUT2D eigenvalue weighted by Crippen LogP contribution is 2.35. The summed E-state index contributed by atoms with van der Waals surface area (Å²) >= 11 is 6.00. The summed E-state index contributed by atoms with van der Waals surface area (Å²) in [5.74, 6) is 0.703. The number of aryl methyl sites for hydroxylation is 1. The number of nitrogens with zero attached hydrogens (tertiary/aromatic N) is 4. The van der Waals surface area contributed by atoms with Gasteiger partial charge in [0.1, 0.15) is 5.82 Å². The molecular formula is C26H28ClN5O3. The molecule has 9 heteroatoms. The number of urea groups is 1. The van der Waals surface area contributed by atoms with Crippen molar-refractivity contribution in [3.05, 3.63) is 69.7 Å². The standard InChI is InChI=1S/C26H28ClN5O3/c27-18-5-3-6-19(17-18)28-26(35)31-14-4-13-30(15-16-31)24(33)12-11-23-29-22-8-2-1-7-21(22)25(34)32(23)20-9-10-20/h1-3,5-8,17,20H,4,9-16H2,(H,28,35). The van der Waals surface area contributed by atoms with E-state index in [1.807, 2.05) is 29.2 Å². The van der Waals surface area contributed by atoms with E-state index >= 15 is 0 Å². The smallest absolute Gasteiger partial charge is 0.321 e. The molecule has 2 aliphatic rings. The Labute approximate surface area is 208 Å². The quantitative estimate of drug-likeness (QED) is 0.580. The average molecular weight is 494 g/mol. The van der Waals surface area contributed by atoms with E-state index in [0.29, 0.717) is 66.5 Å². The number of halogens is 1. The summed E-state index contributed by atoms with van der Waals surface area (Å²) in [5.41, 5.74) is 1.30. The van der Waals surface area contributed by atoms with Crippen molar-refractivity contribution in [3.63, 3.8) is 0 Å². The highest BCUT2D eigenvalue weighted by Gasteiger charge is 2.29. The Morgan fingerprint density at radius 2 is 1.77 bits per heavy atom. The molecule has 1 aromatic heterocycles. The third-order valence-electron chi connectivity index (χ3n) is 6.57. The van der Waals surface area contributed by atoms with Gasteiger partial charge in [0.2, 0.25) is 5.91 Å². The minimum Gasteiger partial charge on any atom is -0.341 e. The molecule has 0 spiro atoms. The van der Waals surface area contributed by atoms with Crippen molar-refractivity contribution < 1.29 is 9.59 Å². The Bertz CT molecular complexity index is 1320. The number of nitrogens with one attached hydrogen (secondary N) is 1. The van der Waals surface area contributed by atoms with E-state index in [-0.39, 0.29) is 30.0 Å². The van der Waals surface area contributed by atoms with E-state index in [2.05, 4.69) is 5.32 Å². The van der Waals surface area contributed by atoms with Gasteiger partial charge in [0.25, 0.3) is 5.56 Å². The lowest BCUT2D eigenvalue weighted by Crippen LogP contribution is -2.39. The Morgan fingerprint density at radius 3 is 2.57 bits per heavy atom. The first-order valence-corrected chi connectivity index (χ1v) is 12.5. The number of hydrogen-bond acceptors (Lipinski definition) is 4. The number of carbonyl (C=O) groups is 2. The molecule has 0 bridgehead atoms. The van der Waals surface area contributed by atoms with Gasteiger partial charge in [0.05, 0.1) is 10.9 Å². The molecule has 1 N–H and O–H groups in total. The van der Waals surface area contributed by atoms with E-state index in [1.54, 1.807) is 33.7 Å².